The van der Waals surface area contributed by atoms with E-state index in [0.29, 0.717) is 11.3 Å². The zero-order chi connectivity index (χ0) is 23.3. The first-order chi connectivity index (χ1) is 15.2. The number of likely N-dealkylation sites (tertiary alicyclic amines) is 1. The molecule has 1 saturated heterocycles. The Hall–Kier alpha value is -3.35. The van der Waals surface area contributed by atoms with Gasteiger partial charge in [-0.15, -0.1) is 0 Å². The summed E-state index contributed by atoms with van der Waals surface area (Å²) in [4.78, 5) is 40.2. The van der Waals surface area contributed by atoms with Gasteiger partial charge in [-0.3, -0.25) is 9.59 Å². The molecular formula is C25H29NO6. The highest BCUT2D eigenvalue weighted by Gasteiger charge is 2.51. The molecule has 3 atom stereocenters. The molecule has 0 spiro atoms. The average Bonchev–Trinajstić information content (AvgIpc) is 3.10. The lowest BCUT2D eigenvalue weighted by Gasteiger charge is -2.27. The summed E-state index contributed by atoms with van der Waals surface area (Å²) in [5, 5.41) is 0. The third kappa shape index (κ3) is 5.66. The van der Waals surface area contributed by atoms with Crippen molar-refractivity contribution in [3.8, 4) is 5.75 Å². The summed E-state index contributed by atoms with van der Waals surface area (Å²) in [6, 6.07) is 16.8. The molecule has 7 heteroatoms. The molecule has 2 aromatic carbocycles. The molecule has 0 aromatic heterocycles. The van der Waals surface area contributed by atoms with Gasteiger partial charge in [0.05, 0.1) is 20.1 Å². The Bertz CT molecular complexity index is 938. The van der Waals surface area contributed by atoms with E-state index in [9.17, 15) is 14.4 Å². The first kappa shape index (κ1) is 23.3. The molecule has 0 bridgehead atoms. The molecule has 170 valence electrons. The van der Waals surface area contributed by atoms with Gasteiger partial charge < -0.3 is 19.1 Å². The zero-order valence-corrected chi connectivity index (χ0v) is 18.8. The maximum Gasteiger partial charge on any atom is 0.329 e. The van der Waals surface area contributed by atoms with Crippen LogP contribution in [0.15, 0.2) is 60.7 Å². The average molecular weight is 440 g/mol. The van der Waals surface area contributed by atoms with Crippen LogP contribution in [0.5, 0.6) is 5.75 Å². The van der Waals surface area contributed by atoms with Gasteiger partial charge in [-0.25, -0.2) is 4.79 Å². The van der Waals surface area contributed by atoms with Crippen LogP contribution in [-0.2, 0) is 19.1 Å². The van der Waals surface area contributed by atoms with Crippen LogP contribution in [0.25, 0.3) is 0 Å². The number of esters is 2. The number of nitrogens with zero attached hydrogens (tertiary/aromatic N) is 1. The Balaban J connectivity index is 1.94. The standard InChI is InChI=1S/C25H29NO6/c1-25(2,3)32-21(27)15-19-20(31-18-13-9-6-10-14-18)16-26(22(19)24(29)30-4)23(28)17-11-7-5-8-12-17/h5-14,19-20,22H,15-16H2,1-4H3/t19-,20+,22-/m0/s1. The first-order valence-electron chi connectivity index (χ1n) is 10.6. The Labute approximate surface area is 188 Å². The third-order valence-electron chi connectivity index (χ3n) is 5.17. The highest BCUT2D eigenvalue weighted by Crippen LogP contribution is 2.34. The number of rotatable bonds is 6. The Morgan fingerprint density at radius 1 is 0.969 bits per heavy atom. The second-order valence-electron chi connectivity index (χ2n) is 8.72. The van der Waals surface area contributed by atoms with Crippen molar-refractivity contribution in [3.63, 3.8) is 0 Å². The van der Waals surface area contributed by atoms with E-state index in [2.05, 4.69) is 0 Å². The minimum atomic E-state index is -0.978. The van der Waals surface area contributed by atoms with E-state index in [1.54, 1.807) is 57.2 Å². The molecular weight excluding hydrogens is 410 g/mol. The van der Waals surface area contributed by atoms with Crippen LogP contribution in [0.4, 0.5) is 0 Å². The molecule has 3 rings (SSSR count). The van der Waals surface area contributed by atoms with Crippen LogP contribution >= 0.6 is 0 Å². The minimum Gasteiger partial charge on any atom is -0.488 e. The van der Waals surface area contributed by atoms with Crippen LogP contribution in [0.2, 0.25) is 0 Å². The van der Waals surface area contributed by atoms with Crippen LogP contribution in [0.1, 0.15) is 37.6 Å². The highest BCUT2D eigenvalue weighted by atomic mass is 16.6. The maximum absolute atomic E-state index is 13.3. The second-order valence-corrected chi connectivity index (χ2v) is 8.72. The molecule has 0 unspecified atom stereocenters. The lowest BCUT2D eigenvalue weighted by Crippen LogP contribution is -2.44. The summed E-state index contributed by atoms with van der Waals surface area (Å²) >= 11 is 0. The molecule has 0 aliphatic carbocycles. The summed E-state index contributed by atoms with van der Waals surface area (Å²) in [7, 11) is 1.27. The molecule has 2 aromatic rings. The van der Waals surface area contributed by atoms with Gasteiger partial charge in [0, 0.05) is 11.5 Å². The van der Waals surface area contributed by atoms with Gasteiger partial charge in [0.15, 0.2) is 0 Å². The molecule has 0 saturated carbocycles. The molecule has 1 fully saturated rings. The van der Waals surface area contributed by atoms with E-state index >= 15 is 0 Å². The maximum atomic E-state index is 13.3. The van der Waals surface area contributed by atoms with Gasteiger partial charge in [0.25, 0.3) is 5.91 Å². The van der Waals surface area contributed by atoms with Crippen molar-refractivity contribution in [1.82, 2.24) is 4.90 Å². The quantitative estimate of drug-likeness (QED) is 0.641. The van der Waals surface area contributed by atoms with Crippen LogP contribution < -0.4 is 4.74 Å². The van der Waals surface area contributed by atoms with Gasteiger partial charge in [0.2, 0.25) is 0 Å². The van der Waals surface area contributed by atoms with E-state index in [1.807, 2.05) is 24.3 Å². The third-order valence-corrected chi connectivity index (χ3v) is 5.17. The SMILES string of the molecule is COC(=O)[C@@H]1[C@@H](CC(=O)OC(C)(C)C)[C@H](Oc2ccccc2)CN1C(=O)c1ccccc1. The number of hydrogen-bond acceptors (Lipinski definition) is 6. The monoisotopic (exact) mass is 439 g/mol. The minimum absolute atomic E-state index is 0.0902. The normalized spacial score (nSPS) is 20.5. The van der Waals surface area contributed by atoms with E-state index in [4.69, 9.17) is 14.2 Å². The van der Waals surface area contributed by atoms with E-state index < -0.39 is 35.6 Å². The molecule has 0 radical (unpaired) electrons. The van der Waals surface area contributed by atoms with Gasteiger partial charge >= 0.3 is 11.9 Å². The molecule has 32 heavy (non-hydrogen) atoms. The zero-order valence-electron chi connectivity index (χ0n) is 18.8. The Morgan fingerprint density at radius 3 is 2.12 bits per heavy atom. The lowest BCUT2D eigenvalue weighted by molar-refractivity contribution is -0.157. The molecule has 1 aliphatic rings. The fourth-order valence-corrected chi connectivity index (χ4v) is 3.87. The number of benzene rings is 2. The van der Waals surface area contributed by atoms with Gasteiger partial charge in [-0.05, 0) is 45.0 Å². The summed E-state index contributed by atoms with van der Waals surface area (Å²) in [6.45, 7) is 5.47. The number of carbonyl (C=O) groups excluding carboxylic acids is 3. The van der Waals surface area contributed by atoms with Crippen LogP contribution in [-0.4, -0.2) is 54.1 Å². The second kappa shape index (κ2) is 9.85. The smallest absolute Gasteiger partial charge is 0.329 e. The van der Waals surface area contributed by atoms with E-state index in [0.717, 1.165) is 0 Å². The van der Waals surface area contributed by atoms with Crippen molar-refractivity contribution >= 4 is 17.8 Å². The first-order valence-corrected chi connectivity index (χ1v) is 10.6. The van der Waals surface area contributed by atoms with Crippen molar-refractivity contribution in [2.24, 2.45) is 5.92 Å². The molecule has 1 heterocycles. The Kier molecular flexibility index (Phi) is 7.18. The molecule has 1 aliphatic heterocycles. The van der Waals surface area contributed by atoms with Gasteiger partial charge in [-0.1, -0.05) is 36.4 Å². The number of ether oxygens (including phenoxy) is 3. The Morgan fingerprint density at radius 2 is 1.56 bits per heavy atom. The number of carbonyl (C=O) groups is 3. The summed E-state index contributed by atoms with van der Waals surface area (Å²) in [6.07, 6.45) is -0.686. The molecule has 0 N–H and O–H groups in total. The van der Waals surface area contributed by atoms with Crippen molar-refractivity contribution in [1.29, 1.82) is 0 Å². The van der Waals surface area contributed by atoms with Gasteiger partial charge in [0.1, 0.15) is 23.5 Å². The lowest BCUT2D eigenvalue weighted by atomic mass is 9.93. The number of hydrogen-bond donors (Lipinski definition) is 0. The number of para-hydroxylation sites is 1. The number of methoxy groups -OCH3 is 1. The predicted molar refractivity (Wildman–Crippen MR) is 118 cm³/mol. The molecule has 1 amide bonds. The predicted octanol–water partition coefficient (Wildman–Crippen LogP) is 3.48. The van der Waals surface area contributed by atoms with E-state index in [-0.39, 0.29) is 18.9 Å². The fourth-order valence-electron chi connectivity index (χ4n) is 3.87. The van der Waals surface area contributed by atoms with Gasteiger partial charge in [-0.2, -0.15) is 0 Å². The van der Waals surface area contributed by atoms with Crippen molar-refractivity contribution in [3.05, 3.63) is 66.2 Å². The van der Waals surface area contributed by atoms with Crippen molar-refractivity contribution < 1.29 is 28.6 Å². The topological polar surface area (TPSA) is 82.1 Å². The van der Waals surface area contributed by atoms with Crippen molar-refractivity contribution in [2.75, 3.05) is 13.7 Å². The van der Waals surface area contributed by atoms with Crippen LogP contribution in [0.3, 0.4) is 0 Å². The highest BCUT2D eigenvalue weighted by molar-refractivity contribution is 5.97. The summed E-state index contributed by atoms with van der Waals surface area (Å²) < 4.78 is 16.7. The van der Waals surface area contributed by atoms with E-state index in [1.165, 1.54) is 12.0 Å². The largest absolute Gasteiger partial charge is 0.488 e. The fraction of sp³-hybridized carbons (Fsp3) is 0.400. The van der Waals surface area contributed by atoms with Crippen molar-refractivity contribution in [2.45, 2.75) is 44.9 Å². The summed E-state index contributed by atoms with van der Waals surface area (Å²) in [5.41, 5.74) is -0.232. The van der Waals surface area contributed by atoms with Crippen LogP contribution in [0, 0.1) is 5.92 Å². The molecule has 7 nitrogen and oxygen atoms in total. The summed E-state index contributed by atoms with van der Waals surface area (Å²) in [5.74, 6) is -1.43. The number of amides is 1.